The first-order valence-corrected chi connectivity index (χ1v) is 5.37. The van der Waals surface area contributed by atoms with Gasteiger partial charge in [-0.1, -0.05) is 0 Å². The summed E-state index contributed by atoms with van der Waals surface area (Å²) in [4.78, 5) is 0. The number of alkyl halides is 12. The van der Waals surface area contributed by atoms with Crippen molar-refractivity contribution in [1.29, 1.82) is 5.26 Å². The lowest BCUT2D eigenvalue weighted by molar-refractivity contribution is -0.534. The molecule has 0 saturated carbocycles. The molecule has 0 N–H and O–H groups in total. The van der Waals surface area contributed by atoms with Crippen molar-refractivity contribution >= 4 is 0 Å². The van der Waals surface area contributed by atoms with Crippen molar-refractivity contribution < 1.29 is 75.3 Å². The first kappa shape index (κ1) is 25.1. The van der Waals surface area contributed by atoms with Crippen LogP contribution < -0.4 is 0 Å². The van der Waals surface area contributed by atoms with Crippen LogP contribution in [0.2, 0.25) is 0 Å². The molecule has 18 heteroatoms. The predicted molar refractivity (Wildman–Crippen MR) is 47.8 cm³/mol. The molecule has 3 nitrogen and oxygen atoms in total. The highest BCUT2D eigenvalue weighted by atomic mass is 19.4. The lowest BCUT2D eigenvalue weighted by atomic mass is 10.2. The zero-order chi connectivity index (χ0) is 22.3. The number of ether oxygens (including phenoxy) is 2. The Bertz CT molecular complexity index is 628. The van der Waals surface area contributed by atoms with Crippen molar-refractivity contribution in [2.45, 2.75) is 36.3 Å². The van der Waals surface area contributed by atoms with Crippen LogP contribution in [0.25, 0.3) is 0 Å². The Balaban J connectivity index is 6.32. The Morgan fingerprint density at radius 2 is 1.07 bits per heavy atom. The molecule has 0 amide bonds. The van der Waals surface area contributed by atoms with Crippen molar-refractivity contribution in [2.75, 3.05) is 0 Å². The third-order valence-electron chi connectivity index (χ3n) is 2.19. The van der Waals surface area contributed by atoms with Gasteiger partial charge in [-0.3, -0.25) is 4.74 Å². The fourth-order valence-corrected chi connectivity index (χ4v) is 0.970. The summed E-state index contributed by atoms with van der Waals surface area (Å²) in [6.07, 6.45) is -33.1. The SMILES string of the molecule is N#CC(F)(F)C(F)(F)OC(F)(C(F)(F)F)C(F)(F)OC(F)(F)C(F)=C(F)F. The molecular weight excluding hydrogens is 439 g/mol. The molecule has 0 aromatic rings. The first-order chi connectivity index (χ1) is 11.6. The second kappa shape index (κ2) is 6.92. The van der Waals surface area contributed by atoms with Crippen LogP contribution in [0.5, 0.6) is 0 Å². The highest BCUT2D eigenvalue weighted by Gasteiger charge is 2.81. The molecule has 0 aromatic carbocycles. The molecule has 0 heterocycles. The number of rotatable bonds is 7. The quantitative estimate of drug-likeness (QED) is 0.509. The Labute approximate surface area is 136 Å². The molecule has 0 aromatic heterocycles. The van der Waals surface area contributed by atoms with E-state index >= 15 is 0 Å². The second-order valence-electron chi connectivity index (χ2n) is 4.11. The average Bonchev–Trinajstić information content (AvgIpc) is 2.42. The lowest BCUT2D eigenvalue weighted by Gasteiger charge is -2.37. The van der Waals surface area contributed by atoms with Gasteiger partial charge in [-0.05, 0) is 0 Å². The van der Waals surface area contributed by atoms with Crippen LogP contribution >= 0.6 is 0 Å². The van der Waals surface area contributed by atoms with Crippen LogP contribution in [0.4, 0.5) is 65.9 Å². The Kier molecular flexibility index (Phi) is 6.44. The summed E-state index contributed by atoms with van der Waals surface area (Å²) in [6, 6.07) is -0.754. The molecule has 1 atom stereocenters. The van der Waals surface area contributed by atoms with E-state index in [1.807, 2.05) is 0 Å². The van der Waals surface area contributed by atoms with Crippen molar-refractivity contribution in [3.63, 3.8) is 0 Å². The van der Waals surface area contributed by atoms with Gasteiger partial charge in [-0.2, -0.15) is 71.1 Å². The molecular formula is C9F15NO2. The fourth-order valence-electron chi connectivity index (χ4n) is 0.970. The van der Waals surface area contributed by atoms with Crippen LogP contribution in [0.1, 0.15) is 0 Å². The summed E-state index contributed by atoms with van der Waals surface area (Å²) >= 11 is 0. The monoisotopic (exact) mass is 439 g/mol. The maximum Gasteiger partial charge on any atom is 0.458 e. The highest BCUT2D eigenvalue weighted by molar-refractivity contribution is 5.03. The smallest absolute Gasteiger partial charge is 0.262 e. The van der Waals surface area contributed by atoms with Crippen LogP contribution in [0.3, 0.4) is 0 Å². The molecule has 0 radical (unpaired) electrons. The van der Waals surface area contributed by atoms with E-state index in [1.165, 1.54) is 0 Å². The van der Waals surface area contributed by atoms with Gasteiger partial charge in [-0.15, -0.1) is 0 Å². The summed E-state index contributed by atoms with van der Waals surface area (Å²) in [7, 11) is 0. The average molecular weight is 439 g/mol. The number of halogens is 15. The zero-order valence-electron chi connectivity index (χ0n) is 11.4. The molecule has 0 saturated heterocycles. The second-order valence-corrected chi connectivity index (χ2v) is 4.11. The Morgan fingerprint density at radius 1 is 0.667 bits per heavy atom. The maximum absolute atomic E-state index is 13.4. The van der Waals surface area contributed by atoms with E-state index in [0.29, 0.717) is 0 Å². The normalized spacial score (nSPS) is 16.5. The lowest BCUT2D eigenvalue weighted by Crippen LogP contribution is -2.64. The molecule has 0 aliphatic rings. The number of nitrogens with zero attached hydrogens (tertiary/aromatic N) is 1. The van der Waals surface area contributed by atoms with Crippen molar-refractivity contribution in [2.24, 2.45) is 0 Å². The summed E-state index contributed by atoms with van der Waals surface area (Å²) < 4.78 is 191. The van der Waals surface area contributed by atoms with E-state index in [1.54, 1.807) is 9.47 Å². The summed E-state index contributed by atoms with van der Waals surface area (Å²) in [5, 5.41) is 7.61. The van der Waals surface area contributed by atoms with Gasteiger partial charge >= 0.3 is 42.4 Å². The van der Waals surface area contributed by atoms with E-state index in [-0.39, 0.29) is 0 Å². The Morgan fingerprint density at radius 3 is 1.37 bits per heavy atom. The van der Waals surface area contributed by atoms with Gasteiger partial charge in [-0.25, -0.2) is 4.74 Å². The van der Waals surface area contributed by atoms with Crippen molar-refractivity contribution in [3.8, 4) is 6.07 Å². The van der Waals surface area contributed by atoms with Gasteiger partial charge in [0.15, 0.2) is 0 Å². The zero-order valence-corrected chi connectivity index (χ0v) is 11.4. The van der Waals surface area contributed by atoms with E-state index in [2.05, 4.69) is 0 Å². The van der Waals surface area contributed by atoms with Gasteiger partial charge in [0.2, 0.25) is 0 Å². The van der Waals surface area contributed by atoms with Crippen LogP contribution in [-0.4, -0.2) is 36.3 Å². The number of hydrogen-bond donors (Lipinski definition) is 0. The third-order valence-corrected chi connectivity index (χ3v) is 2.19. The summed E-state index contributed by atoms with van der Waals surface area (Å²) in [5.41, 5.74) is 0. The van der Waals surface area contributed by atoms with Gasteiger partial charge in [0, 0.05) is 0 Å². The minimum Gasteiger partial charge on any atom is -0.262 e. The minimum atomic E-state index is -7.60. The maximum atomic E-state index is 13.4. The molecule has 27 heavy (non-hydrogen) atoms. The molecule has 0 bridgehead atoms. The molecule has 158 valence electrons. The van der Waals surface area contributed by atoms with Gasteiger partial charge in [0.1, 0.15) is 6.07 Å². The van der Waals surface area contributed by atoms with Gasteiger partial charge in [0.05, 0.1) is 0 Å². The molecule has 0 spiro atoms. The van der Waals surface area contributed by atoms with E-state index in [4.69, 9.17) is 5.26 Å². The molecule has 0 fully saturated rings. The number of hydrogen-bond acceptors (Lipinski definition) is 3. The largest absolute Gasteiger partial charge is 0.458 e. The van der Waals surface area contributed by atoms with E-state index in [9.17, 15) is 65.9 Å². The summed E-state index contributed by atoms with van der Waals surface area (Å²) in [5.74, 6) is -18.3. The minimum absolute atomic E-state index is 0.754. The highest BCUT2D eigenvalue weighted by Crippen LogP contribution is 2.53. The Hall–Kier alpha value is -1.90. The van der Waals surface area contributed by atoms with Gasteiger partial charge < -0.3 is 0 Å². The van der Waals surface area contributed by atoms with Gasteiger partial charge in [0.25, 0.3) is 5.83 Å². The topological polar surface area (TPSA) is 42.2 Å². The van der Waals surface area contributed by atoms with Crippen molar-refractivity contribution in [3.05, 3.63) is 11.9 Å². The molecule has 0 aliphatic carbocycles. The summed E-state index contributed by atoms with van der Waals surface area (Å²) in [6.45, 7) is 0. The van der Waals surface area contributed by atoms with Crippen LogP contribution in [0, 0.1) is 11.3 Å². The van der Waals surface area contributed by atoms with Crippen LogP contribution in [-0.2, 0) is 9.47 Å². The molecule has 0 rings (SSSR count). The standard InChI is InChI=1S/C9F15NO2/c10-2(3(11)12)5(15,16)26-9(23,24)6(17,7(18,19)20)27-8(21,22)4(13,14)1-25. The molecule has 1 unspecified atom stereocenters. The molecule has 0 aliphatic heterocycles. The van der Waals surface area contributed by atoms with E-state index < -0.39 is 54.3 Å². The van der Waals surface area contributed by atoms with Crippen LogP contribution in [0.15, 0.2) is 11.9 Å². The number of nitriles is 1. The first-order valence-electron chi connectivity index (χ1n) is 5.37. The third kappa shape index (κ3) is 4.69. The predicted octanol–water partition coefficient (Wildman–Crippen LogP) is 5.26. The van der Waals surface area contributed by atoms with E-state index in [0.717, 1.165) is 0 Å². The van der Waals surface area contributed by atoms with Crippen molar-refractivity contribution in [1.82, 2.24) is 0 Å². The fraction of sp³-hybridized carbons (Fsp3) is 0.667.